The molecule has 0 aliphatic carbocycles. The maximum atomic E-state index is 12.0. The summed E-state index contributed by atoms with van der Waals surface area (Å²) in [6.07, 6.45) is 2.85. The summed E-state index contributed by atoms with van der Waals surface area (Å²) < 4.78 is 0. The molecule has 2 aromatic carbocycles. The van der Waals surface area contributed by atoms with Crippen molar-refractivity contribution >= 4 is 28.1 Å². The molecule has 0 saturated carbocycles. The molecule has 0 fully saturated rings. The topological polar surface area (TPSA) is 61.4 Å². The molecule has 108 valence electrons. The number of anilines is 2. The van der Waals surface area contributed by atoms with Crippen LogP contribution < -0.4 is 10.6 Å². The fourth-order valence-corrected chi connectivity index (χ4v) is 2.65. The highest BCUT2D eigenvalue weighted by Gasteiger charge is 2.21. The lowest BCUT2D eigenvalue weighted by Gasteiger charge is -2.13. The molecular formula is C17H18N2O2. The summed E-state index contributed by atoms with van der Waals surface area (Å²) in [6, 6.07) is 9.66. The van der Waals surface area contributed by atoms with Crippen molar-refractivity contribution in [3.8, 4) is 0 Å². The average molecular weight is 282 g/mol. The Morgan fingerprint density at radius 3 is 3.05 bits per heavy atom. The number of nitrogens with one attached hydrogen (secondary N) is 2. The van der Waals surface area contributed by atoms with Crippen LogP contribution in [0.3, 0.4) is 0 Å². The minimum atomic E-state index is -0.424. The SMILES string of the molecule is C=CCCC(O)CNc1cc2c3c(cccc3c1)NC2=O. The molecule has 1 aliphatic rings. The lowest BCUT2D eigenvalue weighted by atomic mass is 10.0. The highest BCUT2D eigenvalue weighted by molar-refractivity contribution is 6.24. The van der Waals surface area contributed by atoms with E-state index in [1.807, 2.05) is 30.3 Å². The van der Waals surface area contributed by atoms with Crippen molar-refractivity contribution < 1.29 is 9.90 Å². The van der Waals surface area contributed by atoms with Crippen LogP contribution >= 0.6 is 0 Å². The Balaban J connectivity index is 1.82. The normalized spacial score (nSPS) is 14.0. The number of amides is 1. The number of carbonyl (C=O) groups excluding carboxylic acids is 1. The molecule has 2 aromatic rings. The Labute approximate surface area is 123 Å². The van der Waals surface area contributed by atoms with E-state index in [4.69, 9.17) is 0 Å². The highest BCUT2D eigenvalue weighted by Crippen LogP contribution is 2.35. The van der Waals surface area contributed by atoms with E-state index >= 15 is 0 Å². The summed E-state index contributed by atoms with van der Waals surface area (Å²) in [7, 11) is 0. The summed E-state index contributed by atoms with van der Waals surface area (Å²) in [5, 5.41) is 17.9. The van der Waals surface area contributed by atoms with Gasteiger partial charge in [0.15, 0.2) is 0 Å². The quantitative estimate of drug-likeness (QED) is 0.713. The average Bonchev–Trinajstić information content (AvgIpc) is 2.81. The summed E-state index contributed by atoms with van der Waals surface area (Å²) >= 11 is 0. The van der Waals surface area contributed by atoms with E-state index in [0.29, 0.717) is 18.5 Å². The van der Waals surface area contributed by atoms with Gasteiger partial charge in [0, 0.05) is 23.3 Å². The van der Waals surface area contributed by atoms with Crippen molar-refractivity contribution in [3.63, 3.8) is 0 Å². The van der Waals surface area contributed by atoms with Crippen molar-refractivity contribution in [3.05, 3.63) is 48.6 Å². The molecule has 4 heteroatoms. The van der Waals surface area contributed by atoms with Gasteiger partial charge in [0.2, 0.25) is 0 Å². The smallest absolute Gasteiger partial charge is 0.256 e. The van der Waals surface area contributed by atoms with Crippen LogP contribution in [0.1, 0.15) is 23.2 Å². The number of rotatable bonds is 6. The van der Waals surface area contributed by atoms with Gasteiger partial charge in [0.05, 0.1) is 11.7 Å². The van der Waals surface area contributed by atoms with Gasteiger partial charge in [-0.1, -0.05) is 18.2 Å². The molecule has 0 radical (unpaired) electrons. The van der Waals surface area contributed by atoms with Crippen LogP contribution in [0.15, 0.2) is 43.0 Å². The van der Waals surface area contributed by atoms with Gasteiger partial charge in [0.1, 0.15) is 0 Å². The second-order valence-corrected chi connectivity index (χ2v) is 5.28. The van der Waals surface area contributed by atoms with Gasteiger partial charge in [-0.25, -0.2) is 0 Å². The van der Waals surface area contributed by atoms with E-state index in [1.165, 1.54) is 0 Å². The molecule has 3 rings (SSSR count). The number of aliphatic hydroxyl groups is 1. The first kappa shape index (κ1) is 13.6. The third-order valence-electron chi connectivity index (χ3n) is 3.72. The zero-order chi connectivity index (χ0) is 14.8. The molecule has 3 N–H and O–H groups in total. The van der Waals surface area contributed by atoms with Crippen molar-refractivity contribution in [2.24, 2.45) is 0 Å². The molecule has 1 amide bonds. The van der Waals surface area contributed by atoms with Crippen LogP contribution in [0.25, 0.3) is 10.8 Å². The second kappa shape index (κ2) is 5.58. The number of hydrogen-bond acceptors (Lipinski definition) is 3. The van der Waals surface area contributed by atoms with Crippen LogP contribution in [0.2, 0.25) is 0 Å². The van der Waals surface area contributed by atoms with E-state index in [0.717, 1.165) is 28.6 Å². The zero-order valence-corrected chi connectivity index (χ0v) is 11.7. The van der Waals surface area contributed by atoms with Gasteiger partial charge in [-0.05, 0) is 36.4 Å². The van der Waals surface area contributed by atoms with Crippen LogP contribution in [-0.2, 0) is 0 Å². The van der Waals surface area contributed by atoms with Crippen molar-refractivity contribution in [2.45, 2.75) is 18.9 Å². The summed E-state index contributed by atoms with van der Waals surface area (Å²) in [4.78, 5) is 12.0. The first-order valence-corrected chi connectivity index (χ1v) is 7.10. The summed E-state index contributed by atoms with van der Waals surface area (Å²) in [5.74, 6) is -0.0722. The molecule has 4 nitrogen and oxygen atoms in total. The Hall–Kier alpha value is -2.33. The maximum absolute atomic E-state index is 12.0. The van der Waals surface area contributed by atoms with Crippen molar-refractivity contribution in [2.75, 3.05) is 17.2 Å². The molecule has 0 bridgehead atoms. The van der Waals surface area contributed by atoms with Crippen LogP contribution in [0.5, 0.6) is 0 Å². The maximum Gasteiger partial charge on any atom is 0.256 e. The molecule has 0 aromatic heterocycles. The molecule has 0 spiro atoms. The Morgan fingerprint density at radius 1 is 1.38 bits per heavy atom. The number of allylic oxidation sites excluding steroid dienone is 1. The monoisotopic (exact) mass is 282 g/mol. The van der Waals surface area contributed by atoms with Gasteiger partial charge in [-0.3, -0.25) is 4.79 Å². The predicted octanol–water partition coefficient (Wildman–Crippen LogP) is 3.14. The Kier molecular flexibility index (Phi) is 3.62. The largest absolute Gasteiger partial charge is 0.391 e. The summed E-state index contributed by atoms with van der Waals surface area (Å²) in [5.41, 5.74) is 2.40. The molecule has 1 heterocycles. The number of carbonyl (C=O) groups is 1. The number of benzene rings is 2. The lowest BCUT2D eigenvalue weighted by molar-refractivity contribution is 0.103. The standard InChI is InChI=1S/C17H18N2O2/c1-2-3-6-13(20)10-18-12-8-11-5-4-7-15-16(11)14(9-12)17(21)19-15/h2,4-5,7-9,13,18,20H,1,3,6,10H2,(H,19,21). The first-order valence-electron chi connectivity index (χ1n) is 7.10. The molecule has 1 unspecified atom stereocenters. The van der Waals surface area contributed by atoms with Gasteiger partial charge >= 0.3 is 0 Å². The fraction of sp³-hybridized carbons (Fsp3) is 0.235. The van der Waals surface area contributed by atoms with E-state index < -0.39 is 6.10 Å². The van der Waals surface area contributed by atoms with E-state index in [9.17, 15) is 9.90 Å². The molecule has 21 heavy (non-hydrogen) atoms. The van der Waals surface area contributed by atoms with Gasteiger partial charge < -0.3 is 15.7 Å². The molecular weight excluding hydrogens is 264 g/mol. The lowest BCUT2D eigenvalue weighted by Crippen LogP contribution is -2.19. The van der Waals surface area contributed by atoms with Gasteiger partial charge in [-0.15, -0.1) is 6.58 Å². The predicted molar refractivity (Wildman–Crippen MR) is 85.8 cm³/mol. The third-order valence-corrected chi connectivity index (χ3v) is 3.72. The third kappa shape index (κ3) is 2.62. The molecule has 1 aliphatic heterocycles. The zero-order valence-electron chi connectivity index (χ0n) is 11.7. The molecule has 1 atom stereocenters. The number of hydrogen-bond donors (Lipinski definition) is 3. The van der Waals surface area contributed by atoms with Crippen LogP contribution in [0.4, 0.5) is 11.4 Å². The Morgan fingerprint density at radius 2 is 2.24 bits per heavy atom. The van der Waals surface area contributed by atoms with E-state index in [1.54, 1.807) is 6.08 Å². The van der Waals surface area contributed by atoms with Crippen LogP contribution in [0, 0.1) is 0 Å². The number of aliphatic hydroxyl groups excluding tert-OH is 1. The molecule has 0 saturated heterocycles. The minimum Gasteiger partial charge on any atom is -0.391 e. The highest BCUT2D eigenvalue weighted by atomic mass is 16.3. The fourth-order valence-electron chi connectivity index (χ4n) is 2.65. The van der Waals surface area contributed by atoms with Gasteiger partial charge in [0.25, 0.3) is 5.91 Å². The van der Waals surface area contributed by atoms with E-state index in [-0.39, 0.29) is 5.91 Å². The second-order valence-electron chi connectivity index (χ2n) is 5.28. The van der Waals surface area contributed by atoms with Crippen molar-refractivity contribution in [1.82, 2.24) is 0 Å². The first-order chi connectivity index (χ1) is 10.2. The summed E-state index contributed by atoms with van der Waals surface area (Å²) in [6.45, 7) is 4.10. The van der Waals surface area contributed by atoms with Gasteiger partial charge in [-0.2, -0.15) is 0 Å². The van der Waals surface area contributed by atoms with Crippen LogP contribution in [-0.4, -0.2) is 23.7 Å². The minimum absolute atomic E-state index is 0.0722. The Bertz CT molecular complexity index is 709. The van der Waals surface area contributed by atoms with Crippen molar-refractivity contribution in [1.29, 1.82) is 0 Å². The van der Waals surface area contributed by atoms with E-state index in [2.05, 4.69) is 17.2 Å².